The molecule has 0 amide bonds. The van der Waals surface area contributed by atoms with Crippen molar-refractivity contribution in [3.05, 3.63) is 0 Å². The quantitative estimate of drug-likeness (QED) is 0.406. The molecule has 0 aromatic rings. The topological polar surface area (TPSA) is 26.3 Å². The Balaban J connectivity index is 3.05. The molecule has 0 aliphatic rings. The molecule has 0 atom stereocenters. The highest BCUT2D eigenvalue weighted by Crippen LogP contribution is 1.81. The molecule has 0 aromatic carbocycles. The van der Waals surface area contributed by atoms with Crippen LogP contribution in [0.3, 0.4) is 0 Å². The molecule has 0 fully saturated rings. The van der Waals surface area contributed by atoms with Crippen LogP contribution in [-0.2, 0) is 9.53 Å². The van der Waals surface area contributed by atoms with Gasteiger partial charge in [0, 0.05) is 6.92 Å². The van der Waals surface area contributed by atoms with Gasteiger partial charge in [0.1, 0.15) is 0 Å². The molecule has 2 nitrogen and oxygen atoms in total. The average molecular weight is 132 g/mol. The van der Waals surface area contributed by atoms with Gasteiger partial charge in [0.15, 0.2) is 0 Å². The summed E-state index contributed by atoms with van der Waals surface area (Å²) in [6, 6.07) is 0. The van der Waals surface area contributed by atoms with Crippen LogP contribution in [0.2, 0.25) is 13.1 Å². The van der Waals surface area contributed by atoms with Crippen LogP contribution in [0.25, 0.3) is 0 Å². The highest BCUT2D eigenvalue weighted by atomic mass is 28.3. The standard InChI is InChI=1S/C5H12O2Si/c1-5(6)7-4-8(2)3/h8H,4H2,1-3H3. The summed E-state index contributed by atoms with van der Waals surface area (Å²) in [5.74, 6) is -0.161. The lowest BCUT2D eigenvalue weighted by Gasteiger charge is -2.01. The van der Waals surface area contributed by atoms with E-state index in [1.807, 2.05) is 0 Å². The zero-order valence-electron chi connectivity index (χ0n) is 5.60. The van der Waals surface area contributed by atoms with E-state index in [1.165, 1.54) is 6.92 Å². The SMILES string of the molecule is CC(=O)OC[SiH](C)C. The van der Waals surface area contributed by atoms with E-state index in [-0.39, 0.29) is 5.97 Å². The third-order valence-electron chi connectivity index (χ3n) is 0.620. The monoisotopic (exact) mass is 132 g/mol. The van der Waals surface area contributed by atoms with Crippen LogP contribution < -0.4 is 0 Å². The van der Waals surface area contributed by atoms with E-state index in [0.717, 1.165) is 0 Å². The lowest BCUT2D eigenvalue weighted by molar-refractivity contribution is -0.139. The van der Waals surface area contributed by atoms with Gasteiger partial charge in [0.05, 0.1) is 15.0 Å². The predicted octanol–water partition coefficient (Wildman–Crippen LogP) is 0.575. The first-order chi connectivity index (χ1) is 3.63. The van der Waals surface area contributed by atoms with E-state index in [2.05, 4.69) is 13.1 Å². The van der Waals surface area contributed by atoms with Gasteiger partial charge in [-0.05, 0) is 0 Å². The molecule has 0 N–H and O–H groups in total. The molecule has 0 saturated carbocycles. The molecule has 0 saturated heterocycles. The predicted molar refractivity (Wildman–Crippen MR) is 35.5 cm³/mol. The van der Waals surface area contributed by atoms with Gasteiger partial charge in [0.25, 0.3) is 0 Å². The summed E-state index contributed by atoms with van der Waals surface area (Å²) >= 11 is 0. The Bertz CT molecular complexity index is 80.5. The molecule has 3 heteroatoms. The Kier molecular flexibility index (Phi) is 3.52. The lowest BCUT2D eigenvalue weighted by atomic mass is 10.8. The summed E-state index contributed by atoms with van der Waals surface area (Å²) in [5.41, 5.74) is 0. The minimum atomic E-state index is -0.670. The van der Waals surface area contributed by atoms with Crippen LogP contribution in [0, 0.1) is 0 Å². The van der Waals surface area contributed by atoms with E-state index in [1.54, 1.807) is 0 Å². The number of hydrogen-bond acceptors (Lipinski definition) is 2. The number of hydrogen-bond donors (Lipinski definition) is 0. The molecular formula is C5H12O2Si. The number of ether oxygens (including phenoxy) is 1. The molecule has 0 spiro atoms. The zero-order valence-corrected chi connectivity index (χ0v) is 6.76. The molecule has 0 rings (SSSR count). The summed E-state index contributed by atoms with van der Waals surface area (Å²) in [7, 11) is -0.670. The third kappa shape index (κ3) is 5.69. The van der Waals surface area contributed by atoms with Crippen LogP contribution in [0.4, 0.5) is 0 Å². The summed E-state index contributed by atoms with van der Waals surface area (Å²) in [5, 5.41) is 0. The molecule has 0 bridgehead atoms. The minimum absolute atomic E-state index is 0.161. The van der Waals surface area contributed by atoms with Gasteiger partial charge in [-0.15, -0.1) is 0 Å². The van der Waals surface area contributed by atoms with Crippen LogP contribution in [0.5, 0.6) is 0 Å². The molecule has 0 aromatic heterocycles. The van der Waals surface area contributed by atoms with Crippen molar-refractivity contribution in [1.82, 2.24) is 0 Å². The summed E-state index contributed by atoms with van der Waals surface area (Å²) in [6.45, 7) is 5.72. The van der Waals surface area contributed by atoms with Crippen molar-refractivity contribution in [3.8, 4) is 0 Å². The van der Waals surface area contributed by atoms with Gasteiger partial charge in [-0.3, -0.25) is 4.79 Å². The maximum atomic E-state index is 10.1. The highest BCUT2D eigenvalue weighted by Gasteiger charge is 1.96. The number of carbonyl (C=O) groups excluding carboxylic acids is 1. The normalized spacial score (nSPS) is 9.50. The Hall–Kier alpha value is -0.313. The number of carbonyl (C=O) groups is 1. The fourth-order valence-corrected chi connectivity index (χ4v) is 0.852. The molecule has 0 unspecified atom stereocenters. The maximum absolute atomic E-state index is 10.1. The van der Waals surface area contributed by atoms with E-state index >= 15 is 0 Å². The fraction of sp³-hybridized carbons (Fsp3) is 0.800. The second kappa shape index (κ2) is 3.66. The van der Waals surface area contributed by atoms with Crippen molar-refractivity contribution in [3.63, 3.8) is 0 Å². The van der Waals surface area contributed by atoms with Crippen molar-refractivity contribution in [2.45, 2.75) is 20.0 Å². The Morgan fingerprint density at radius 1 is 1.62 bits per heavy atom. The highest BCUT2D eigenvalue weighted by molar-refractivity contribution is 6.55. The Morgan fingerprint density at radius 3 is 2.25 bits per heavy atom. The molecule has 0 aliphatic carbocycles. The minimum Gasteiger partial charge on any atom is -0.470 e. The summed E-state index contributed by atoms with van der Waals surface area (Å²) in [6.07, 6.45) is 0.676. The van der Waals surface area contributed by atoms with Crippen molar-refractivity contribution in [2.75, 3.05) is 6.23 Å². The number of esters is 1. The smallest absolute Gasteiger partial charge is 0.302 e. The molecule has 48 valence electrons. The van der Waals surface area contributed by atoms with E-state index in [4.69, 9.17) is 4.74 Å². The summed E-state index contributed by atoms with van der Waals surface area (Å²) in [4.78, 5) is 10.1. The largest absolute Gasteiger partial charge is 0.470 e. The van der Waals surface area contributed by atoms with Gasteiger partial charge in [-0.2, -0.15) is 0 Å². The van der Waals surface area contributed by atoms with Crippen LogP contribution in [-0.4, -0.2) is 21.0 Å². The van der Waals surface area contributed by atoms with Crippen molar-refractivity contribution >= 4 is 14.8 Å². The van der Waals surface area contributed by atoms with Crippen LogP contribution in [0.15, 0.2) is 0 Å². The lowest BCUT2D eigenvalue weighted by Crippen LogP contribution is -2.13. The number of rotatable bonds is 2. The zero-order chi connectivity index (χ0) is 6.57. The van der Waals surface area contributed by atoms with E-state index in [0.29, 0.717) is 6.23 Å². The second-order valence-electron chi connectivity index (χ2n) is 2.20. The Labute approximate surface area is 51.5 Å². The molecule has 0 radical (unpaired) electrons. The molecule has 0 heterocycles. The summed E-state index contributed by atoms with van der Waals surface area (Å²) < 4.78 is 4.73. The van der Waals surface area contributed by atoms with Gasteiger partial charge < -0.3 is 4.74 Å². The van der Waals surface area contributed by atoms with Crippen molar-refractivity contribution in [2.24, 2.45) is 0 Å². The Morgan fingerprint density at radius 2 is 2.12 bits per heavy atom. The first-order valence-corrected chi connectivity index (χ1v) is 5.89. The average Bonchev–Trinajstić information content (AvgIpc) is 1.61. The van der Waals surface area contributed by atoms with Gasteiger partial charge in [-0.1, -0.05) is 13.1 Å². The third-order valence-corrected chi connectivity index (χ3v) is 1.45. The van der Waals surface area contributed by atoms with Gasteiger partial charge in [-0.25, -0.2) is 0 Å². The molecule has 0 aliphatic heterocycles. The van der Waals surface area contributed by atoms with E-state index < -0.39 is 8.80 Å². The fourth-order valence-electron chi connectivity index (χ4n) is 0.284. The van der Waals surface area contributed by atoms with Crippen LogP contribution in [0.1, 0.15) is 6.92 Å². The molecule has 8 heavy (non-hydrogen) atoms. The van der Waals surface area contributed by atoms with Crippen molar-refractivity contribution < 1.29 is 9.53 Å². The van der Waals surface area contributed by atoms with Gasteiger partial charge >= 0.3 is 5.97 Å². The first kappa shape index (κ1) is 7.69. The first-order valence-electron chi connectivity index (χ1n) is 2.76. The van der Waals surface area contributed by atoms with Gasteiger partial charge in [0.2, 0.25) is 0 Å². The van der Waals surface area contributed by atoms with Crippen LogP contribution >= 0.6 is 0 Å². The maximum Gasteiger partial charge on any atom is 0.302 e. The van der Waals surface area contributed by atoms with Crippen molar-refractivity contribution in [1.29, 1.82) is 0 Å². The second-order valence-corrected chi connectivity index (χ2v) is 5.32. The van der Waals surface area contributed by atoms with E-state index in [9.17, 15) is 4.79 Å². The molecular weight excluding hydrogens is 120 g/mol.